The highest BCUT2D eigenvalue weighted by molar-refractivity contribution is 6.34. The second-order valence-electron chi connectivity index (χ2n) is 6.18. The molecule has 10 heteroatoms. The number of hydrogen-bond donors (Lipinski definition) is 3. The number of hydrogen-bond acceptors (Lipinski definition) is 6. The van der Waals surface area contributed by atoms with Gasteiger partial charge in [-0.1, -0.05) is 35.9 Å². The van der Waals surface area contributed by atoms with Crippen LogP contribution < -0.4 is 10.7 Å². The van der Waals surface area contributed by atoms with E-state index in [0.29, 0.717) is 0 Å². The molecule has 0 saturated heterocycles. The predicted molar refractivity (Wildman–Crippen MR) is 116 cm³/mol. The highest BCUT2D eigenvalue weighted by Gasteiger charge is 2.15. The summed E-state index contributed by atoms with van der Waals surface area (Å²) < 4.78 is 0. The van der Waals surface area contributed by atoms with E-state index < -0.39 is 16.7 Å². The molecule has 31 heavy (non-hydrogen) atoms. The standard InChI is InChI=1S/C21H15ClN4O5/c22-17-7-3-1-5-15(17)20(28)24-18-8-4-2-6-16(18)21(29)25-23-12-13-11-14(26(30)31)9-10-19(13)27/h1-12,27H,(H,24,28)(H,25,29). The molecule has 3 rings (SSSR count). The molecule has 2 amide bonds. The summed E-state index contributed by atoms with van der Waals surface area (Å²) in [5, 5.41) is 27.3. The molecule has 0 fully saturated rings. The molecule has 0 bridgehead atoms. The Balaban J connectivity index is 1.75. The fraction of sp³-hybridized carbons (Fsp3) is 0. The first kappa shape index (κ1) is 21.5. The Bertz CT molecular complexity index is 1200. The van der Waals surface area contributed by atoms with E-state index in [0.717, 1.165) is 24.4 Å². The minimum Gasteiger partial charge on any atom is -0.507 e. The van der Waals surface area contributed by atoms with Crippen molar-refractivity contribution in [2.24, 2.45) is 5.10 Å². The highest BCUT2D eigenvalue weighted by atomic mass is 35.5. The average Bonchev–Trinajstić information content (AvgIpc) is 2.75. The van der Waals surface area contributed by atoms with Crippen LogP contribution in [0.4, 0.5) is 11.4 Å². The van der Waals surface area contributed by atoms with Gasteiger partial charge < -0.3 is 10.4 Å². The molecule has 0 spiro atoms. The quantitative estimate of drug-likeness (QED) is 0.304. The Morgan fingerprint density at radius 2 is 1.68 bits per heavy atom. The maximum absolute atomic E-state index is 12.5. The fourth-order valence-electron chi connectivity index (χ4n) is 2.60. The lowest BCUT2D eigenvalue weighted by Gasteiger charge is -2.10. The van der Waals surface area contributed by atoms with Gasteiger partial charge in [0.25, 0.3) is 17.5 Å². The summed E-state index contributed by atoms with van der Waals surface area (Å²) in [6, 6.07) is 16.2. The summed E-state index contributed by atoms with van der Waals surface area (Å²) in [5.41, 5.74) is 2.68. The number of nitro benzene ring substituents is 1. The van der Waals surface area contributed by atoms with E-state index in [9.17, 15) is 24.8 Å². The molecule has 0 saturated carbocycles. The lowest BCUT2D eigenvalue weighted by Crippen LogP contribution is -2.21. The topological polar surface area (TPSA) is 134 Å². The fourth-order valence-corrected chi connectivity index (χ4v) is 2.83. The van der Waals surface area contributed by atoms with E-state index >= 15 is 0 Å². The maximum atomic E-state index is 12.5. The van der Waals surface area contributed by atoms with Crippen molar-refractivity contribution in [1.82, 2.24) is 5.43 Å². The first-order chi connectivity index (χ1) is 14.9. The Labute approximate surface area is 181 Å². The second kappa shape index (κ2) is 9.51. The van der Waals surface area contributed by atoms with Crippen molar-refractivity contribution >= 4 is 41.0 Å². The van der Waals surface area contributed by atoms with E-state index in [1.54, 1.807) is 42.5 Å². The monoisotopic (exact) mass is 438 g/mol. The molecular formula is C21H15ClN4O5. The molecule has 3 aromatic rings. The van der Waals surface area contributed by atoms with Crippen LogP contribution >= 0.6 is 11.6 Å². The van der Waals surface area contributed by atoms with E-state index in [4.69, 9.17) is 11.6 Å². The molecule has 0 atom stereocenters. The number of carbonyl (C=O) groups excluding carboxylic acids is 2. The number of hydrazone groups is 1. The minimum atomic E-state index is -0.642. The minimum absolute atomic E-state index is 0.0507. The van der Waals surface area contributed by atoms with Gasteiger partial charge in [0.05, 0.1) is 33.0 Å². The molecule has 9 nitrogen and oxygen atoms in total. The van der Waals surface area contributed by atoms with Gasteiger partial charge in [0.15, 0.2) is 0 Å². The summed E-state index contributed by atoms with van der Waals surface area (Å²) in [5.74, 6) is -1.37. The number of carbonyl (C=O) groups is 2. The number of aromatic hydroxyl groups is 1. The molecule has 0 aromatic heterocycles. The molecule has 0 aliphatic carbocycles. The lowest BCUT2D eigenvalue weighted by atomic mass is 10.1. The van der Waals surface area contributed by atoms with Crippen molar-refractivity contribution in [2.75, 3.05) is 5.32 Å². The Morgan fingerprint density at radius 1 is 1.00 bits per heavy atom. The third kappa shape index (κ3) is 5.22. The number of nitrogens with zero attached hydrogens (tertiary/aromatic N) is 2. The van der Waals surface area contributed by atoms with E-state index in [1.807, 2.05) is 0 Å². The van der Waals surface area contributed by atoms with Crippen molar-refractivity contribution in [3.05, 3.63) is 98.6 Å². The number of halogens is 1. The van der Waals surface area contributed by atoms with Gasteiger partial charge in [-0.05, 0) is 30.3 Å². The molecule has 0 radical (unpaired) electrons. The zero-order valence-electron chi connectivity index (χ0n) is 15.8. The van der Waals surface area contributed by atoms with Gasteiger partial charge in [0.1, 0.15) is 5.75 Å². The SMILES string of the molecule is O=C(Nc1ccccc1C(=O)NN=Cc1cc([N+](=O)[O-])ccc1O)c1ccccc1Cl. The molecule has 156 valence electrons. The van der Waals surface area contributed by atoms with Crippen molar-refractivity contribution in [3.8, 4) is 5.75 Å². The number of phenols is 1. The van der Waals surface area contributed by atoms with Crippen molar-refractivity contribution in [1.29, 1.82) is 0 Å². The normalized spacial score (nSPS) is 10.6. The van der Waals surface area contributed by atoms with Crippen LogP contribution in [0.1, 0.15) is 26.3 Å². The van der Waals surface area contributed by atoms with Crippen LogP contribution in [-0.2, 0) is 0 Å². The van der Waals surface area contributed by atoms with E-state index in [2.05, 4.69) is 15.8 Å². The third-order valence-electron chi connectivity index (χ3n) is 4.13. The maximum Gasteiger partial charge on any atom is 0.273 e. The zero-order valence-corrected chi connectivity index (χ0v) is 16.5. The van der Waals surface area contributed by atoms with Crippen LogP contribution in [0.25, 0.3) is 0 Å². The molecule has 0 aliphatic heterocycles. The molecule has 0 heterocycles. The predicted octanol–water partition coefficient (Wildman–Crippen LogP) is 3.97. The number of benzene rings is 3. The van der Waals surface area contributed by atoms with Crippen LogP contribution in [-0.4, -0.2) is 28.1 Å². The van der Waals surface area contributed by atoms with Crippen molar-refractivity contribution in [3.63, 3.8) is 0 Å². The van der Waals surface area contributed by atoms with Crippen molar-refractivity contribution < 1.29 is 19.6 Å². The number of nitrogens with one attached hydrogen (secondary N) is 2. The number of nitro groups is 1. The zero-order chi connectivity index (χ0) is 22.4. The summed E-state index contributed by atoms with van der Waals surface area (Å²) in [7, 11) is 0. The summed E-state index contributed by atoms with van der Waals surface area (Å²) in [6.07, 6.45) is 1.07. The largest absolute Gasteiger partial charge is 0.507 e. The average molecular weight is 439 g/mol. The molecule has 0 unspecified atom stereocenters. The van der Waals surface area contributed by atoms with Gasteiger partial charge in [-0.2, -0.15) is 5.10 Å². The van der Waals surface area contributed by atoms with E-state index in [-0.39, 0.29) is 38.8 Å². The number of phenolic OH excluding ortho intramolecular Hbond substituents is 1. The Kier molecular flexibility index (Phi) is 6.58. The summed E-state index contributed by atoms with van der Waals surface area (Å²) in [4.78, 5) is 35.3. The van der Waals surface area contributed by atoms with Crippen LogP contribution in [0.15, 0.2) is 71.8 Å². The number of para-hydroxylation sites is 1. The molecule has 3 aromatic carbocycles. The number of rotatable bonds is 6. The van der Waals surface area contributed by atoms with Gasteiger partial charge in [0.2, 0.25) is 0 Å². The van der Waals surface area contributed by atoms with Gasteiger partial charge in [0, 0.05) is 17.7 Å². The van der Waals surface area contributed by atoms with Gasteiger partial charge >= 0.3 is 0 Å². The van der Waals surface area contributed by atoms with Crippen LogP contribution in [0.3, 0.4) is 0 Å². The lowest BCUT2D eigenvalue weighted by molar-refractivity contribution is -0.384. The summed E-state index contributed by atoms with van der Waals surface area (Å²) in [6.45, 7) is 0. The Morgan fingerprint density at radius 3 is 2.39 bits per heavy atom. The molecule has 0 aliphatic rings. The first-order valence-corrected chi connectivity index (χ1v) is 9.20. The second-order valence-corrected chi connectivity index (χ2v) is 6.59. The summed E-state index contributed by atoms with van der Waals surface area (Å²) >= 11 is 6.04. The first-order valence-electron chi connectivity index (χ1n) is 8.82. The van der Waals surface area contributed by atoms with Gasteiger partial charge in [-0.3, -0.25) is 19.7 Å². The molecule has 3 N–H and O–H groups in total. The van der Waals surface area contributed by atoms with Crippen LogP contribution in [0, 0.1) is 10.1 Å². The highest BCUT2D eigenvalue weighted by Crippen LogP contribution is 2.22. The number of non-ortho nitro benzene ring substituents is 1. The van der Waals surface area contributed by atoms with Gasteiger partial charge in [-0.25, -0.2) is 5.43 Å². The Hall–Kier alpha value is -4.24. The van der Waals surface area contributed by atoms with Crippen molar-refractivity contribution in [2.45, 2.75) is 0 Å². The van der Waals surface area contributed by atoms with E-state index in [1.165, 1.54) is 6.07 Å². The number of amides is 2. The number of anilines is 1. The van der Waals surface area contributed by atoms with Crippen LogP contribution in [0.5, 0.6) is 5.75 Å². The van der Waals surface area contributed by atoms with Crippen LogP contribution in [0.2, 0.25) is 5.02 Å². The smallest absolute Gasteiger partial charge is 0.273 e. The third-order valence-corrected chi connectivity index (χ3v) is 4.46. The molecular weight excluding hydrogens is 424 g/mol. The van der Waals surface area contributed by atoms with Gasteiger partial charge in [-0.15, -0.1) is 0 Å².